The lowest BCUT2D eigenvalue weighted by molar-refractivity contribution is 0.0553. The van der Waals surface area contributed by atoms with E-state index in [9.17, 15) is 14.7 Å². The summed E-state index contributed by atoms with van der Waals surface area (Å²) in [7, 11) is 8.16. The van der Waals surface area contributed by atoms with Crippen molar-refractivity contribution in [2.45, 2.75) is 6.61 Å². The van der Waals surface area contributed by atoms with Gasteiger partial charge in [0, 0.05) is 16.3 Å². The first kappa shape index (κ1) is 28.9. The first-order valence-corrected chi connectivity index (χ1v) is 12.4. The van der Waals surface area contributed by atoms with E-state index in [0.717, 1.165) is 12.7 Å². The van der Waals surface area contributed by atoms with Crippen LogP contribution < -0.4 is 23.7 Å². The highest BCUT2D eigenvalue weighted by molar-refractivity contribution is 6.20. The van der Waals surface area contributed by atoms with Gasteiger partial charge in [0.05, 0.1) is 48.2 Å². The normalized spacial score (nSPS) is 10.6. The zero-order valence-corrected chi connectivity index (χ0v) is 23.5. The largest absolute Gasteiger partial charge is 0.506 e. The summed E-state index contributed by atoms with van der Waals surface area (Å²) in [6.45, 7) is 0.109. The molecule has 0 amide bonds. The molecule has 0 atom stereocenters. The highest BCUT2D eigenvalue weighted by Gasteiger charge is 2.34. The van der Waals surface area contributed by atoms with Crippen LogP contribution in [0.2, 0.25) is 0 Å². The van der Waals surface area contributed by atoms with Gasteiger partial charge < -0.3 is 38.3 Å². The number of carbonyl (C=O) groups excluding carboxylic acids is 2. The minimum atomic E-state index is -0.951. The summed E-state index contributed by atoms with van der Waals surface area (Å²) in [6.07, 6.45) is 0. The third-order valence-corrected chi connectivity index (χ3v) is 6.55. The summed E-state index contributed by atoms with van der Waals surface area (Å²) in [6, 6.07) is 15.9. The Bertz CT molecular complexity index is 1590. The van der Waals surface area contributed by atoms with E-state index < -0.39 is 23.3 Å². The van der Waals surface area contributed by atoms with Crippen LogP contribution in [0.25, 0.3) is 21.9 Å². The van der Waals surface area contributed by atoms with Crippen LogP contribution >= 0.6 is 0 Å². The molecule has 0 saturated carbocycles. The minimum Gasteiger partial charge on any atom is -0.506 e. The monoisotopic (exact) mass is 562 g/mol. The lowest BCUT2D eigenvalue weighted by atomic mass is 9.87. The van der Waals surface area contributed by atoms with E-state index in [1.807, 2.05) is 30.3 Å². The van der Waals surface area contributed by atoms with Gasteiger partial charge in [0.2, 0.25) is 5.75 Å². The number of phenolic OH excluding ortho intramolecular Hbond substituents is 1. The molecule has 0 radical (unpaired) electrons. The van der Waals surface area contributed by atoms with Crippen LogP contribution in [0.1, 0.15) is 26.3 Å². The maximum Gasteiger partial charge on any atom is 0.342 e. The number of methoxy groups -OCH3 is 6. The van der Waals surface area contributed by atoms with Gasteiger partial charge in [-0.15, -0.1) is 0 Å². The summed E-state index contributed by atoms with van der Waals surface area (Å²) in [5.41, 5.74) is 0.845. The van der Waals surface area contributed by atoms with E-state index in [2.05, 4.69) is 0 Å². The van der Waals surface area contributed by atoms with Gasteiger partial charge in [-0.2, -0.15) is 0 Å². The van der Waals surface area contributed by atoms with Gasteiger partial charge in [0.15, 0.2) is 23.0 Å². The van der Waals surface area contributed by atoms with Gasteiger partial charge in [-0.3, -0.25) is 0 Å². The van der Waals surface area contributed by atoms with E-state index >= 15 is 0 Å². The van der Waals surface area contributed by atoms with Crippen LogP contribution in [0.4, 0.5) is 0 Å². The third kappa shape index (κ3) is 5.23. The van der Waals surface area contributed by atoms with Crippen molar-refractivity contribution in [2.75, 3.05) is 42.7 Å². The average Bonchev–Trinajstić information content (AvgIpc) is 3.02. The number of aromatic hydroxyl groups is 1. The fourth-order valence-corrected chi connectivity index (χ4v) is 4.65. The molecule has 4 rings (SSSR count). The highest BCUT2D eigenvalue weighted by atomic mass is 16.5. The Morgan fingerprint density at radius 1 is 0.683 bits per heavy atom. The topological polar surface area (TPSA) is 119 Å². The number of esters is 2. The maximum absolute atomic E-state index is 13.4. The van der Waals surface area contributed by atoms with Gasteiger partial charge in [-0.05, 0) is 29.3 Å². The SMILES string of the molecule is COC(=O)c1c(C(=O)OC)c(-c2ccc(OC)c(OC)c2)c2c(OCc3ccccc3)c(OC)c(OC)cc2c1O. The Balaban J connectivity index is 2.24. The summed E-state index contributed by atoms with van der Waals surface area (Å²) in [5, 5.41) is 11.9. The van der Waals surface area contributed by atoms with Gasteiger partial charge in [0.25, 0.3) is 0 Å². The quantitative estimate of drug-likeness (QED) is 0.252. The Morgan fingerprint density at radius 2 is 1.32 bits per heavy atom. The molecule has 0 aliphatic carbocycles. The van der Waals surface area contributed by atoms with Crippen LogP contribution in [-0.4, -0.2) is 59.7 Å². The lowest BCUT2D eigenvalue weighted by Gasteiger charge is -2.23. The number of carbonyl (C=O) groups is 2. The molecule has 0 heterocycles. The molecule has 10 heteroatoms. The molecule has 0 spiro atoms. The number of benzene rings is 4. The number of phenols is 1. The minimum absolute atomic E-state index is 0.109. The van der Waals surface area contributed by atoms with E-state index in [-0.39, 0.29) is 45.8 Å². The molecule has 0 unspecified atom stereocenters. The van der Waals surface area contributed by atoms with Crippen molar-refractivity contribution >= 4 is 22.7 Å². The second-order valence-corrected chi connectivity index (χ2v) is 8.66. The molecule has 0 aromatic heterocycles. The Kier molecular flexibility index (Phi) is 8.72. The molecule has 0 fully saturated rings. The Morgan fingerprint density at radius 3 is 1.90 bits per heavy atom. The maximum atomic E-state index is 13.4. The van der Waals surface area contributed by atoms with Crippen LogP contribution in [0.3, 0.4) is 0 Å². The molecule has 4 aromatic carbocycles. The molecule has 0 saturated heterocycles. The summed E-state index contributed by atoms with van der Waals surface area (Å²) in [5.74, 6) is -0.989. The molecular formula is C31H30O10. The Labute approximate surface area is 236 Å². The summed E-state index contributed by atoms with van der Waals surface area (Å²) in [4.78, 5) is 26.5. The number of hydrogen-bond donors (Lipinski definition) is 1. The van der Waals surface area contributed by atoms with Crippen LogP contribution in [0, 0.1) is 0 Å². The number of rotatable bonds is 10. The molecule has 0 aliphatic rings. The van der Waals surface area contributed by atoms with Gasteiger partial charge in [-0.25, -0.2) is 9.59 Å². The lowest BCUT2D eigenvalue weighted by Crippen LogP contribution is -2.15. The fourth-order valence-electron chi connectivity index (χ4n) is 4.65. The van der Waals surface area contributed by atoms with E-state index in [1.54, 1.807) is 18.2 Å². The van der Waals surface area contributed by atoms with Crippen molar-refractivity contribution in [3.05, 3.63) is 71.3 Å². The average molecular weight is 563 g/mol. The highest BCUT2D eigenvalue weighted by Crippen LogP contribution is 2.53. The second-order valence-electron chi connectivity index (χ2n) is 8.66. The molecule has 0 bridgehead atoms. The molecule has 10 nitrogen and oxygen atoms in total. The van der Waals surface area contributed by atoms with Crippen molar-refractivity contribution in [3.8, 4) is 45.6 Å². The molecule has 41 heavy (non-hydrogen) atoms. The molecule has 4 aromatic rings. The molecule has 0 aliphatic heterocycles. The van der Waals surface area contributed by atoms with Gasteiger partial charge in [0.1, 0.15) is 17.9 Å². The predicted octanol–water partition coefficient (Wildman–Crippen LogP) is 5.40. The number of ether oxygens (including phenoxy) is 7. The Hall–Kier alpha value is -5.12. The van der Waals surface area contributed by atoms with Crippen LogP contribution in [-0.2, 0) is 16.1 Å². The smallest absolute Gasteiger partial charge is 0.342 e. The third-order valence-electron chi connectivity index (χ3n) is 6.55. The second kappa shape index (κ2) is 12.4. The zero-order valence-electron chi connectivity index (χ0n) is 23.5. The standard InChI is InChI=1S/C31H30O10/c1-35-20-13-12-18(14-21(20)36-2)23-24-19(27(32)26(31(34)40-6)25(23)30(33)39-5)15-22(37-3)28(38-4)29(24)41-16-17-10-8-7-9-11-17/h7-15,32H,16H2,1-6H3. The zero-order chi connectivity index (χ0) is 29.7. The van der Waals surface area contributed by atoms with Crippen molar-refractivity contribution in [2.24, 2.45) is 0 Å². The van der Waals surface area contributed by atoms with E-state index in [1.165, 1.54) is 41.6 Å². The first-order chi connectivity index (χ1) is 19.8. The summed E-state index contributed by atoms with van der Waals surface area (Å²) < 4.78 is 38.6. The molecule has 214 valence electrons. The first-order valence-electron chi connectivity index (χ1n) is 12.4. The molecule has 1 N–H and O–H groups in total. The fraction of sp³-hybridized carbons (Fsp3) is 0.226. The molecular weight excluding hydrogens is 532 g/mol. The van der Waals surface area contributed by atoms with Crippen molar-refractivity contribution in [1.82, 2.24) is 0 Å². The van der Waals surface area contributed by atoms with Crippen LogP contribution in [0.15, 0.2) is 54.6 Å². The summed E-state index contributed by atoms with van der Waals surface area (Å²) >= 11 is 0. The van der Waals surface area contributed by atoms with Crippen molar-refractivity contribution in [3.63, 3.8) is 0 Å². The van der Waals surface area contributed by atoms with Crippen molar-refractivity contribution in [1.29, 1.82) is 0 Å². The number of fused-ring (bicyclic) bond motifs is 1. The van der Waals surface area contributed by atoms with Crippen molar-refractivity contribution < 1.29 is 47.9 Å². The predicted molar refractivity (Wildman–Crippen MR) is 151 cm³/mol. The van der Waals surface area contributed by atoms with Gasteiger partial charge in [-0.1, -0.05) is 36.4 Å². The van der Waals surface area contributed by atoms with Gasteiger partial charge >= 0.3 is 11.9 Å². The van der Waals surface area contributed by atoms with E-state index in [4.69, 9.17) is 33.2 Å². The van der Waals surface area contributed by atoms with Crippen LogP contribution in [0.5, 0.6) is 34.5 Å². The number of hydrogen-bond acceptors (Lipinski definition) is 10. The van der Waals surface area contributed by atoms with E-state index in [0.29, 0.717) is 17.1 Å².